The van der Waals surface area contributed by atoms with Crippen molar-refractivity contribution in [1.29, 1.82) is 0 Å². The molecule has 0 unspecified atom stereocenters. The highest BCUT2D eigenvalue weighted by molar-refractivity contribution is 7.99. The van der Waals surface area contributed by atoms with E-state index in [1.165, 1.54) is 7.11 Å². The van der Waals surface area contributed by atoms with Crippen LogP contribution in [-0.2, 0) is 4.79 Å². The number of nitrogens with one attached hydrogen (secondary N) is 2. The quantitative estimate of drug-likeness (QED) is 0.312. The third-order valence-electron chi connectivity index (χ3n) is 2.81. The van der Waals surface area contributed by atoms with Gasteiger partial charge < -0.3 is 20.6 Å². The lowest BCUT2D eigenvalue weighted by molar-refractivity contribution is -0.113. The lowest BCUT2D eigenvalue weighted by Crippen LogP contribution is -2.19. The van der Waals surface area contributed by atoms with Gasteiger partial charge in [-0.1, -0.05) is 11.8 Å². The van der Waals surface area contributed by atoms with Crippen LogP contribution in [0.5, 0.6) is 11.5 Å². The Hall–Kier alpha value is -2.66. The average molecular weight is 339 g/mol. The number of carbonyl (C=O) groups excluding carboxylic acids is 1. The third kappa shape index (κ3) is 3.96. The maximum Gasteiger partial charge on any atom is 0.258 e. The smallest absolute Gasteiger partial charge is 0.258 e. The van der Waals surface area contributed by atoms with E-state index >= 15 is 0 Å². The summed E-state index contributed by atoms with van der Waals surface area (Å²) in [6.45, 7) is 0. The molecule has 6 N–H and O–H groups in total. The highest BCUT2D eigenvalue weighted by atomic mass is 32.2. The van der Waals surface area contributed by atoms with Crippen molar-refractivity contribution >= 4 is 29.3 Å². The lowest BCUT2D eigenvalue weighted by atomic mass is 10.2. The first-order valence-electron chi connectivity index (χ1n) is 6.40. The molecule has 124 valence electrons. The number of nitrogens with zero attached hydrogens (tertiary/aromatic N) is 3. The summed E-state index contributed by atoms with van der Waals surface area (Å²) in [6.07, 6.45) is 0. The van der Waals surface area contributed by atoms with E-state index in [1.54, 1.807) is 25.3 Å². The molecule has 0 aliphatic rings. The van der Waals surface area contributed by atoms with Crippen molar-refractivity contribution in [3.05, 3.63) is 18.2 Å². The van der Waals surface area contributed by atoms with E-state index in [0.717, 1.165) is 16.4 Å². The van der Waals surface area contributed by atoms with Crippen LogP contribution in [-0.4, -0.2) is 40.8 Å². The first-order chi connectivity index (χ1) is 11.1. The van der Waals surface area contributed by atoms with Gasteiger partial charge in [-0.15, -0.1) is 10.2 Å². The van der Waals surface area contributed by atoms with Crippen LogP contribution in [0, 0.1) is 0 Å². The topological polar surface area (TPSA) is 142 Å². The second-order valence-electron chi connectivity index (χ2n) is 4.22. The summed E-state index contributed by atoms with van der Waals surface area (Å²) in [5.41, 5.74) is 2.80. The molecule has 1 heterocycles. The van der Waals surface area contributed by atoms with Gasteiger partial charge in [-0.25, -0.2) is 10.5 Å². The predicted octanol–water partition coefficient (Wildman–Crippen LogP) is 0.0255. The summed E-state index contributed by atoms with van der Waals surface area (Å²) in [5, 5.41) is 10.6. The Bertz CT molecular complexity index is 691. The van der Waals surface area contributed by atoms with Crippen molar-refractivity contribution in [3.8, 4) is 11.5 Å². The zero-order valence-corrected chi connectivity index (χ0v) is 13.4. The summed E-state index contributed by atoms with van der Waals surface area (Å²) >= 11 is 1.12. The molecule has 0 spiro atoms. The van der Waals surface area contributed by atoms with Gasteiger partial charge in [0.15, 0.2) is 0 Å². The van der Waals surface area contributed by atoms with Crippen LogP contribution in [0.3, 0.4) is 0 Å². The number of hydrogen-bond donors (Lipinski definition) is 4. The number of amides is 1. The molecule has 0 saturated carbocycles. The Kier molecular flexibility index (Phi) is 5.49. The minimum absolute atomic E-state index is 0.0836. The number of ether oxygens (including phenoxy) is 2. The zero-order valence-electron chi connectivity index (χ0n) is 12.6. The molecule has 0 aliphatic carbocycles. The molecular formula is C12H17N7O3S. The molecule has 0 aliphatic heterocycles. The number of rotatable bonds is 7. The minimum Gasteiger partial charge on any atom is -0.497 e. The SMILES string of the molecule is COc1ccc(OC)c(NC(=O)CSc2nnc(NN)n2N)c1. The molecule has 2 rings (SSSR count). The van der Waals surface area contributed by atoms with Crippen LogP contribution < -0.4 is 31.9 Å². The van der Waals surface area contributed by atoms with E-state index in [2.05, 4.69) is 20.9 Å². The fraction of sp³-hybridized carbons (Fsp3) is 0.250. The summed E-state index contributed by atoms with van der Waals surface area (Å²) in [6, 6.07) is 5.11. The van der Waals surface area contributed by atoms with Crippen LogP contribution in [0.1, 0.15) is 0 Å². The number of carbonyl (C=O) groups is 1. The Labute approximate surface area is 136 Å². The molecule has 0 saturated heterocycles. The monoisotopic (exact) mass is 339 g/mol. The van der Waals surface area contributed by atoms with Crippen molar-refractivity contribution in [2.75, 3.05) is 36.6 Å². The fourth-order valence-corrected chi connectivity index (χ4v) is 2.36. The molecule has 0 bridgehead atoms. The van der Waals surface area contributed by atoms with Gasteiger partial charge in [0, 0.05) is 6.07 Å². The normalized spacial score (nSPS) is 10.2. The van der Waals surface area contributed by atoms with Gasteiger partial charge in [-0.2, -0.15) is 0 Å². The van der Waals surface area contributed by atoms with E-state index in [9.17, 15) is 4.79 Å². The first kappa shape index (κ1) is 16.7. The molecule has 1 amide bonds. The van der Waals surface area contributed by atoms with E-state index in [0.29, 0.717) is 22.3 Å². The highest BCUT2D eigenvalue weighted by Gasteiger charge is 2.13. The molecular weight excluding hydrogens is 322 g/mol. The number of anilines is 2. The van der Waals surface area contributed by atoms with Gasteiger partial charge in [-0.05, 0) is 12.1 Å². The number of hydrogen-bond acceptors (Lipinski definition) is 9. The Morgan fingerprint density at radius 3 is 2.74 bits per heavy atom. The van der Waals surface area contributed by atoms with E-state index in [1.807, 2.05) is 0 Å². The standard InChI is InChI=1S/C12H17N7O3S/c1-21-7-3-4-9(22-2)8(5-7)15-10(20)6-23-12-18-17-11(16-13)19(12)14/h3-5H,6,13-14H2,1-2H3,(H,15,20)(H,16,17). The summed E-state index contributed by atoms with van der Waals surface area (Å²) in [5.74, 6) is 12.1. The average Bonchev–Trinajstić information content (AvgIpc) is 2.92. The van der Waals surface area contributed by atoms with Gasteiger partial charge in [0.1, 0.15) is 11.5 Å². The van der Waals surface area contributed by atoms with Gasteiger partial charge in [-0.3, -0.25) is 10.2 Å². The maximum atomic E-state index is 12.1. The first-order valence-corrected chi connectivity index (χ1v) is 7.39. The largest absolute Gasteiger partial charge is 0.497 e. The highest BCUT2D eigenvalue weighted by Crippen LogP contribution is 2.29. The number of nitrogen functional groups attached to an aromatic ring is 2. The van der Waals surface area contributed by atoms with Gasteiger partial charge in [0.2, 0.25) is 11.1 Å². The number of thioether (sulfide) groups is 1. The molecule has 11 heteroatoms. The van der Waals surface area contributed by atoms with Crippen molar-refractivity contribution in [2.24, 2.45) is 5.84 Å². The maximum absolute atomic E-state index is 12.1. The predicted molar refractivity (Wildman–Crippen MR) is 86.9 cm³/mol. The second-order valence-corrected chi connectivity index (χ2v) is 5.17. The Morgan fingerprint density at radius 2 is 2.13 bits per heavy atom. The lowest BCUT2D eigenvalue weighted by Gasteiger charge is -2.11. The van der Waals surface area contributed by atoms with Crippen molar-refractivity contribution in [3.63, 3.8) is 0 Å². The minimum atomic E-state index is -0.258. The van der Waals surface area contributed by atoms with E-state index in [-0.39, 0.29) is 17.6 Å². The molecule has 10 nitrogen and oxygen atoms in total. The Balaban J connectivity index is 2.00. The summed E-state index contributed by atoms with van der Waals surface area (Å²) in [4.78, 5) is 12.1. The van der Waals surface area contributed by atoms with E-state index < -0.39 is 0 Å². The van der Waals surface area contributed by atoms with Gasteiger partial charge >= 0.3 is 0 Å². The second kappa shape index (κ2) is 7.56. The molecule has 1 aromatic carbocycles. The van der Waals surface area contributed by atoms with Crippen molar-refractivity contribution < 1.29 is 14.3 Å². The van der Waals surface area contributed by atoms with Crippen molar-refractivity contribution in [2.45, 2.75) is 5.16 Å². The number of aromatic nitrogens is 3. The fourth-order valence-electron chi connectivity index (χ4n) is 1.70. The number of benzene rings is 1. The third-order valence-corrected chi connectivity index (χ3v) is 3.75. The summed E-state index contributed by atoms with van der Waals surface area (Å²) < 4.78 is 11.5. The van der Waals surface area contributed by atoms with Crippen LogP contribution in [0.15, 0.2) is 23.4 Å². The molecule has 0 fully saturated rings. The van der Waals surface area contributed by atoms with Crippen LogP contribution in [0.2, 0.25) is 0 Å². The zero-order chi connectivity index (χ0) is 16.8. The van der Waals surface area contributed by atoms with Crippen LogP contribution >= 0.6 is 11.8 Å². The molecule has 0 radical (unpaired) electrons. The van der Waals surface area contributed by atoms with Gasteiger partial charge in [0.25, 0.3) is 5.95 Å². The van der Waals surface area contributed by atoms with Gasteiger partial charge in [0.05, 0.1) is 25.7 Å². The Morgan fingerprint density at radius 1 is 1.35 bits per heavy atom. The molecule has 0 atom stereocenters. The molecule has 2 aromatic rings. The number of methoxy groups -OCH3 is 2. The molecule has 23 heavy (non-hydrogen) atoms. The van der Waals surface area contributed by atoms with E-state index in [4.69, 9.17) is 21.2 Å². The molecule has 1 aromatic heterocycles. The van der Waals surface area contributed by atoms with Crippen LogP contribution in [0.25, 0.3) is 0 Å². The van der Waals surface area contributed by atoms with Crippen molar-refractivity contribution in [1.82, 2.24) is 14.9 Å². The number of hydrazine groups is 1. The summed E-state index contributed by atoms with van der Waals surface area (Å²) in [7, 11) is 3.06. The van der Waals surface area contributed by atoms with Crippen LogP contribution in [0.4, 0.5) is 11.6 Å². The number of nitrogens with two attached hydrogens (primary N) is 2.